The Labute approximate surface area is 119 Å². The summed E-state index contributed by atoms with van der Waals surface area (Å²) in [6.45, 7) is 1.04. The maximum atomic E-state index is 12.4. The summed E-state index contributed by atoms with van der Waals surface area (Å²) in [7, 11) is 1.70. The second-order valence-corrected chi connectivity index (χ2v) is 5.93. The molecule has 0 aromatic heterocycles. The number of allylic oxidation sites excluding steroid dienone is 2. The molecule has 0 saturated carbocycles. The van der Waals surface area contributed by atoms with E-state index in [4.69, 9.17) is 4.74 Å². The van der Waals surface area contributed by atoms with Crippen molar-refractivity contribution < 1.29 is 9.53 Å². The number of nitrogens with zero attached hydrogens (tertiary/aromatic N) is 1. The normalized spacial score (nSPS) is 24.4. The number of ketones is 1. The molecule has 3 heteroatoms. The fraction of sp³-hybridized carbons (Fsp3) is 0.471. The van der Waals surface area contributed by atoms with Gasteiger partial charge in [-0.3, -0.25) is 4.79 Å². The molecule has 3 nitrogen and oxygen atoms in total. The van der Waals surface area contributed by atoms with Gasteiger partial charge in [-0.25, -0.2) is 0 Å². The molecule has 0 saturated heterocycles. The molecule has 0 amide bonds. The predicted molar refractivity (Wildman–Crippen MR) is 76.6 cm³/mol. The van der Waals surface area contributed by atoms with E-state index in [-0.39, 0.29) is 6.04 Å². The van der Waals surface area contributed by atoms with Crippen molar-refractivity contribution in [3.63, 3.8) is 0 Å². The second-order valence-electron chi connectivity index (χ2n) is 5.93. The Morgan fingerprint density at radius 2 is 2.15 bits per heavy atom. The van der Waals surface area contributed by atoms with Crippen LogP contribution in [0.25, 0.3) is 0 Å². The van der Waals surface area contributed by atoms with E-state index < -0.39 is 0 Å². The van der Waals surface area contributed by atoms with E-state index in [0.29, 0.717) is 12.2 Å². The van der Waals surface area contributed by atoms with Gasteiger partial charge in [0.05, 0.1) is 13.2 Å². The van der Waals surface area contributed by atoms with Crippen LogP contribution in [0.2, 0.25) is 0 Å². The third-order valence-corrected chi connectivity index (χ3v) is 4.96. The number of hydrogen-bond donors (Lipinski definition) is 0. The van der Waals surface area contributed by atoms with Gasteiger partial charge < -0.3 is 9.64 Å². The number of Topliss-reactive ketones (excluding diaryl/α,β-unsaturated/α-hetero) is 1. The van der Waals surface area contributed by atoms with Crippen molar-refractivity contribution in [3.8, 4) is 5.75 Å². The molecular weight excluding hydrogens is 250 g/mol. The number of hydrogen-bond acceptors (Lipinski definition) is 3. The van der Waals surface area contributed by atoms with Gasteiger partial charge in [0.2, 0.25) is 0 Å². The average molecular weight is 269 g/mol. The van der Waals surface area contributed by atoms with Crippen LogP contribution in [-0.2, 0) is 11.2 Å². The number of carbonyl (C=O) groups excluding carboxylic acids is 1. The Bertz CT molecular complexity index is 617. The van der Waals surface area contributed by atoms with E-state index in [1.807, 2.05) is 6.07 Å². The number of methoxy groups -OCH3 is 1. The number of rotatable bonds is 1. The van der Waals surface area contributed by atoms with Crippen molar-refractivity contribution in [2.75, 3.05) is 13.7 Å². The van der Waals surface area contributed by atoms with E-state index in [1.165, 1.54) is 16.8 Å². The van der Waals surface area contributed by atoms with Crippen molar-refractivity contribution in [2.45, 2.75) is 38.1 Å². The minimum atomic E-state index is 0.258. The van der Waals surface area contributed by atoms with E-state index in [2.05, 4.69) is 17.0 Å². The van der Waals surface area contributed by atoms with Crippen LogP contribution in [0.1, 0.15) is 42.9 Å². The number of fused-ring (bicyclic) bond motifs is 4. The third kappa shape index (κ3) is 1.62. The second kappa shape index (κ2) is 4.37. The van der Waals surface area contributed by atoms with Crippen LogP contribution >= 0.6 is 0 Å². The lowest BCUT2D eigenvalue weighted by Gasteiger charge is -2.42. The fourth-order valence-corrected chi connectivity index (χ4v) is 4.00. The molecule has 0 bridgehead atoms. The number of ether oxygens (including phenoxy) is 1. The Balaban J connectivity index is 1.77. The summed E-state index contributed by atoms with van der Waals surface area (Å²) in [4.78, 5) is 14.9. The molecule has 4 rings (SSSR count). The van der Waals surface area contributed by atoms with Gasteiger partial charge in [0.25, 0.3) is 0 Å². The van der Waals surface area contributed by atoms with Gasteiger partial charge in [-0.15, -0.1) is 0 Å². The Morgan fingerprint density at radius 1 is 1.25 bits per heavy atom. The zero-order valence-corrected chi connectivity index (χ0v) is 11.8. The van der Waals surface area contributed by atoms with Gasteiger partial charge in [-0.2, -0.15) is 0 Å². The van der Waals surface area contributed by atoms with Gasteiger partial charge in [0.1, 0.15) is 5.75 Å². The van der Waals surface area contributed by atoms with Crippen LogP contribution in [0.5, 0.6) is 5.75 Å². The van der Waals surface area contributed by atoms with Crippen molar-refractivity contribution in [3.05, 3.63) is 40.6 Å². The molecule has 0 fully saturated rings. The molecule has 1 aliphatic carbocycles. The highest BCUT2D eigenvalue weighted by atomic mass is 16.5. The van der Waals surface area contributed by atoms with Crippen LogP contribution in [0.15, 0.2) is 29.5 Å². The topological polar surface area (TPSA) is 29.5 Å². The lowest BCUT2D eigenvalue weighted by atomic mass is 9.85. The maximum Gasteiger partial charge on any atom is 0.162 e. The molecule has 0 radical (unpaired) electrons. The number of benzene rings is 1. The van der Waals surface area contributed by atoms with Crippen LogP contribution in [0.3, 0.4) is 0 Å². The molecular formula is C17H19NO2. The third-order valence-electron chi connectivity index (χ3n) is 4.96. The zero-order valence-electron chi connectivity index (χ0n) is 11.8. The maximum absolute atomic E-state index is 12.4. The van der Waals surface area contributed by atoms with E-state index in [9.17, 15) is 4.79 Å². The molecule has 0 spiro atoms. The standard InChI is InChI=1S/C17H19NO2/c1-20-12-5-6-13-11(9-12)7-8-18-15-4-2-3-14(15)17(19)10-16(13)18/h5-6,9,16H,2-4,7-8,10H2,1H3. The van der Waals surface area contributed by atoms with Gasteiger partial charge >= 0.3 is 0 Å². The lowest BCUT2D eigenvalue weighted by molar-refractivity contribution is -0.117. The molecule has 1 unspecified atom stereocenters. The Hall–Kier alpha value is -1.77. The van der Waals surface area contributed by atoms with E-state index in [0.717, 1.165) is 43.6 Å². The highest BCUT2D eigenvalue weighted by Crippen LogP contribution is 2.45. The quantitative estimate of drug-likeness (QED) is 0.785. The van der Waals surface area contributed by atoms with Gasteiger partial charge in [-0.1, -0.05) is 6.07 Å². The Kier molecular flexibility index (Phi) is 2.62. The molecule has 1 atom stereocenters. The minimum absolute atomic E-state index is 0.258. The molecule has 2 aliphatic heterocycles. The monoisotopic (exact) mass is 269 g/mol. The van der Waals surface area contributed by atoms with Crippen molar-refractivity contribution >= 4 is 5.78 Å². The van der Waals surface area contributed by atoms with E-state index >= 15 is 0 Å². The van der Waals surface area contributed by atoms with Gasteiger partial charge in [0, 0.05) is 24.2 Å². The summed E-state index contributed by atoms with van der Waals surface area (Å²) >= 11 is 0. The summed E-state index contributed by atoms with van der Waals surface area (Å²) in [5, 5.41) is 0. The average Bonchev–Trinajstić information content (AvgIpc) is 2.97. The first-order valence-corrected chi connectivity index (χ1v) is 7.46. The predicted octanol–water partition coefficient (Wildman–Crippen LogP) is 3.01. The molecule has 3 aliphatic rings. The van der Waals surface area contributed by atoms with Crippen molar-refractivity contribution in [1.29, 1.82) is 0 Å². The summed E-state index contributed by atoms with van der Waals surface area (Å²) in [5.41, 5.74) is 5.13. The largest absolute Gasteiger partial charge is 0.497 e. The fourth-order valence-electron chi connectivity index (χ4n) is 4.00. The SMILES string of the molecule is COc1ccc2c(c1)CCN1C3=C(CCC3)C(=O)CC21. The molecule has 1 aromatic rings. The molecule has 1 aromatic carbocycles. The zero-order chi connectivity index (χ0) is 13.7. The molecule has 20 heavy (non-hydrogen) atoms. The highest BCUT2D eigenvalue weighted by Gasteiger charge is 2.38. The summed E-state index contributed by atoms with van der Waals surface area (Å²) in [6.07, 6.45) is 4.93. The molecule has 2 heterocycles. The van der Waals surface area contributed by atoms with Crippen LogP contribution in [0.4, 0.5) is 0 Å². The lowest BCUT2D eigenvalue weighted by Crippen LogP contribution is -2.39. The first-order chi connectivity index (χ1) is 9.78. The van der Waals surface area contributed by atoms with Crippen LogP contribution in [-0.4, -0.2) is 24.3 Å². The highest BCUT2D eigenvalue weighted by molar-refractivity contribution is 5.98. The number of carbonyl (C=O) groups is 1. The van der Waals surface area contributed by atoms with Crippen molar-refractivity contribution in [2.24, 2.45) is 0 Å². The van der Waals surface area contributed by atoms with Crippen molar-refractivity contribution in [1.82, 2.24) is 4.90 Å². The first-order valence-electron chi connectivity index (χ1n) is 7.46. The van der Waals surface area contributed by atoms with Gasteiger partial charge in [-0.05, 0) is 48.9 Å². The summed E-state index contributed by atoms with van der Waals surface area (Å²) < 4.78 is 5.32. The summed E-state index contributed by atoms with van der Waals surface area (Å²) in [6, 6.07) is 6.56. The van der Waals surface area contributed by atoms with Crippen LogP contribution < -0.4 is 4.74 Å². The first kappa shape index (κ1) is 12.0. The smallest absolute Gasteiger partial charge is 0.162 e. The summed E-state index contributed by atoms with van der Waals surface area (Å²) in [5.74, 6) is 1.29. The minimum Gasteiger partial charge on any atom is -0.497 e. The van der Waals surface area contributed by atoms with Gasteiger partial charge in [0.15, 0.2) is 5.78 Å². The molecule has 104 valence electrons. The van der Waals surface area contributed by atoms with Crippen LogP contribution in [0, 0.1) is 0 Å². The van der Waals surface area contributed by atoms with E-state index in [1.54, 1.807) is 7.11 Å². The molecule has 0 N–H and O–H groups in total. The Morgan fingerprint density at radius 3 is 3.00 bits per heavy atom.